The molecule has 3 rings (SSSR count). The van der Waals surface area contributed by atoms with E-state index in [9.17, 15) is 14.4 Å². The highest BCUT2D eigenvalue weighted by atomic mass is 79.9. The zero-order valence-electron chi connectivity index (χ0n) is 16.0. The van der Waals surface area contributed by atoms with Gasteiger partial charge in [-0.15, -0.1) is 0 Å². The van der Waals surface area contributed by atoms with Crippen LogP contribution >= 0.6 is 15.9 Å². The predicted molar refractivity (Wildman–Crippen MR) is 117 cm³/mol. The van der Waals surface area contributed by atoms with E-state index in [-0.39, 0.29) is 5.78 Å². The van der Waals surface area contributed by atoms with Crippen molar-refractivity contribution in [2.45, 2.75) is 0 Å². The summed E-state index contributed by atoms with van der Waals surface area (Å²) >= 11 is 3.32. The maximum Gasteiger partial charge on any atom is 0.344 e. The van der Waals surface area contributed by atoms with Gasteiger partial charge in [0.05, 0.1) is 18.2 Å². The van der Waals surface area contributed by atoms with Gasteiger partial charge >= 0.3 is 11.9 Å². The summed E-state index contributed by atoms with van der Waals surface area (Å²) in [4.78, 5) is 36.0. The van der Waals surface area contributed by atoms with Crippen molar-refractivity contribution in [3.05, 3.63) is 106 Å². The number of carbonyl (C=O) groups excluding carboxylic acids is 3. The lowest BCUT2D eigenvalue weighted by atomic mass is 10.1. The summed E-state index contributed by atoms with van der Waals surface area (Å²) in [7, 11) is 1.32. The Morgan fingerprint density at radius 1 is 0.800 bits per heavy atom. The lowest BCUT2D eigenvalue weighted by Gasteiger charge is -2.06. The summed E-state index contributed by atoms with van der Waals surface area (Å²) < 4.78 is 10.6. The number of hydrogen-bond acceptors (Lipinski definition) is 5. The van der Waals surface area contributed by atoms with Gasteiger partial charge in [-0.05, 0) is 76.1 Å². The van der Waals surface area contributed by atoms with E-state index in [2.05, 4.69) is 20.7 Å². The number of rotatable bonds is 6. The van der Waals surface area contributed by atoms with E-state index in [1.54, 1.807) is 72.8 Å². The number of carbonyl (C=O) groups is 3. The molecule has 3 aromatic rings. The number of hydrogen-bond donors (Lipinski definition) is 0. The van der Waals surface area contributed by atoms with Gasteiger partial charge in [-0.25, -0.2) is 9.59 Å². The smallest absolute Gasteiger partial charge is 0.344 e. The van der Waals surface area contributed by atoms with Crippen LogP contribution in [0.2, 0.25) is 0 Å². The molecule has 6 heteroatoms. The van der Waals surface area contributed by atoms with E-state index in [1.165, 1.54) is 13.2 Å². The first kappa shape index (κ1) is 21.2. The number of esters is 2. The molecule has 0 aliphatic heterocycles. The number of halogens is 1. The molecule has 0 radical (unpaired) electrons. The Bertz CT molecular complexity index is 1100. The minimum Gasteiger partial charge on any atom is -0.465 e. The predicted octanol–water partition coefficient (Wildman–Crippen LogP) is 5.35. The van der Waals surface area contributed by atoms with Gasteiger partial charge in [0.15, 0.2) is 5.78 Å². The fourth-order valence-corrected chi connectivity index (χ4v) is 3.04. The molecule has 0 N–H and O–H groups in total. The van der Waals surface area contributed by atoms with Crippen LogP contribution in [0, 0.1) is 0 Å². The molecule has 0 spiro atoms. The highest BCUT2D eigenvalue weighted by Gasteiger charge is 2.12. The van der Waals surface area contributed by atoms with Crippen LogP contribution in [0.1, 0.15) is 36.6 Å². The number of benzene rings is 3. The molecular weight excluding hydrogens is 448 g/mol. The minimum atomic E-state index is -0.489. The quantitative estimate of drug-likeness (QED) is 0.213. The molecule has 0 aliphatic rings. The SMILES string of the molecule is COC(=O)c1ccc(/C=C/C(=O)c2ccc(OC(=O)c3ccccc3Br)cc2)cc1. The van der Waals surface area contributed by atoms with Gasteiger partial charge in [-0.3, -0.25) is 4.79 Å². The topological polar surface area (TPSA) is 69.7 Å². The maximum absolute atomic E-state index is 12.4. The van der Waals surface area contributed by atoms with Gasteiger partial charge < -0.3 is 9.47 Å². The lowest BCUT2D eigenvalue weighted by molar-refractivity contribution is 0.0600. The van der Waals surface area contributed by atoms with Crippen molar-refractivity contribution in [2.24, 2.45) is 0 Å². The third kappa shape index (κ3) is 5.30. The highest BCUT2D eigenvalue weighted by molar-refractivity contribution is 9.10. The molecule has 0 aliphatic carbocycles. The standard InChI is InChI=1S/C24H17BrO5/c1-29-23(27)18-9-6-16(7-10-18)8-15-22(26)17-11-13-19(14-12-17)30-24(28)20-4-2-3-5-21(20)25/h2-15H,1H3/b15-8+. The molecule has 150 valence electrons. The fraction of sp³-hybridized carbons (Fsp3) is 0.0417. The van der Waals surface area contributed by atoms with Crippen LogP contribution in [0.4, 0.5) is 0 Å². The minimum absolute atomic E-state index is 0.198. The molecule has 0 saturated heterocycles. The zero-order valence-corrected chi connectivity index (χ0v) is 17.6. The van der Waals surface area contributed by atoms with Crippen LogP contribution in [-0.4, -0.2) is 24.8 Å². The first-order valence-electron chi connectivity index (χ1n) is 8.95. The van der Waals surface area contributed by atoms with Crippen molar-refractivity contribution in [3.63, 3.8) is 0 Å². The van der Waals surface area contributed by atoms with Crippen molar-refractivity contribution in [1.82, 2.24) is 0 Å². The Morgan fingerprint density at radius 3 is 2.07 bits per heavy atom. The lowest BCUT2D eigenvalue weighted by Crippen LogP contribution is -2.09. The Balaban J connectivity index is 1.63. The Labute approximate surface area is 182 Å². The summed E-state index contributed by atoms with van der Waals surface area (Å²) in [6.07, 6.45) is 3.10. The van der Waals surface area contributed by atoms with Gasteiger partial charge in [0.2, 0.25) is 0 Å². The van der Waals surface area contributed by atoms with E-state index >= 15 is 0 Å². The second-order valence-electron chi connectivity index (χ2n) is 6.20. The van der Waals surface area contributed by atoms with Gasteiger partial charge in [0.25, 0.3) is 0 Å². The van der Waals surface area contributed by atoms with Crippen LogP contribution < -0.4 is 4.74 Å². The number of ketones is 1. The van der Waals surface area contributed by atoms with E-state index in [0.29, 0.717) is 26.9 Å². The maximum atomic E-state index is 12.4. The first-order chi connectivity index (χ1) is 14.5. The van der Waals surface area contributed by atoms with Crippen molar-refractivity contribution in [2.75, 3.05) is 7.11 Å². The molecule has 0 unspecified atom stereocenters. The van der Waals surface area contributed by atoms with E-state index in [0.717, 1.165) is 5.56 Å². The number of methoxy groups -OCH3 is 1. The van der Waals surface area contributed by atoms with Crippen LogP contribution in [0.3, 0.4) is 0 Å². The third-order valence-electron chi connectivity index (χ3n) is 4.20. The number of ether oxygens (including phenoxy) is 2. The number of allylic oxidation sites excluding steroid dienone is 1. The molecule has 0 bridgehead atoms. The normalized spacial score (nSPS) is 10.6. The summed E-state index contributed by atoms with van der Waals surface area (Å²) in [5.41, 5.74) is 2.08. The van der Waals surface area contributed by atoms with E-state index < -0.39 is 11.9 Å². The Morgan fingerprint density at radius 2 is 1.43 bits per heavy atom. The van der Waals surface area contributed by atoms with Crippen LogP contribution in [-0.2, 0) is 4.74 Å². The van der Waals surface area contributed by atoms with Crippen molar-refractivity contribution >= 4 is 39.7 Å². The molecular formula is C24H17BrO5. The molecule has 0 saturated carbocycles. The summed E-state index contributed by atoms with van der Waals surface area (Å²) in [6, 6.07) is 20.0. The Kier molecular flexibility index (Phi) is 6.93. The molecule has 5 nitrogen and oxygen atoms in total. The molecule has 30 heavy (non-hydrogen) atoms. The summed E-state index contributed by atoms with van der Waals surface area (Å²) in [6.45, 7) is 0. The third-order valence-corrected chi connectivity index (χ3v) is 4.89. The van der Waals surface area contributed by atoms with Crippen molar-refractivity contribution in [1.29, 1.82) is 0 Å². The average Bonchev–Trinajstić information content (AvgIpc) is 2.78. The molecule has 0 amide bonds. The molecule has 0 atom stereocenters. The van der Waals surface area contributed by atoms with E-state index in [1.807, 2.05) is 6.07 Å². The van der Waals surface area contributed by atoms with Gasteiger partial charge in [0.1, 0.15) is 5.75 Å². The summed E-state index contributed by atoms with van der Waals surface area (Å²) in [5.74, 6) is -0.760. The fourth-order valence-electron chi connectivity index (χ4n) is 2.59. The summed E-state index contributed by atoms with van der Waals surface area (Å²) in [5, 5.41) is 0. The van der Waals surface area contributed by atoms with Gasteiger partial charge in [-0.1, -0.05) is 30.3 Å². The molecule has 0 fully saturated rings. The molecule has 0 heterocycles. The Hall–Kier alpha value is -3.51. The average molecular weight is 465 g/mol. The zero-order chi connectivity index (χ0) is 21.5. The van der Waals surface area contributed by atoms with E-state index in [4.69, 9.17) is 4.74 Å². The molecule has 0 aromatic heterocycles. The highest BCUT2D eigenvalue weighted by Crippen LogP contribution is 2.20. The largest absolute Gasteiger partial charge is 0.465 e. The second-order valence-corrected chi connectivity index (χ2v) is 7.06. The van der Waals surface area contributed by atoms with Crippen molar-refractivity contribution < 1.29 is 23.9 Å². The van der Waals surface area contributed by atoms with Crippen LogP contribution in [0.25, 0.3) is 6.08 Å². The van der Waals surface area contributed by atoms with Crippen LogP contribution in [0.5, 0.6) is 5.75 Å². The molecule has 3 aromatic carbocycles. The first-order valence-corrected chi connectivity index (χ1v) is 9.75. The van der Waals surface area contributed by atoms with Crippen molar-refractivity contribution in [3.8, 4) is 5.75 Å². The van der Waals surface area contributed by atoms with Gasteiger partial charge in [0, 0.05) is 10.0 Å². The second kappa shape index (κ2) is 9.80. The van der Waals surface area contributed by atoms with Crippen LogP contribution in [0.15, 0.2) is 83.3 Å². The van der Waals surface area contributed by atoms with Gasteiger partial charge in [-0.2, -0.15) is 0 Å². The monoisotopic (exact) mass is 464 g/mol.